The summed E-state index contributed by atoms with van der Waals surface area (Å²) >= 11 is 1.02. The summed E-state index contributed by atoms with van der Waals surface area (Å²) in [4.78, 5) is 12.1. The van der Waals surface area contributed by atoms with E-state index in [1.54, 1.807) is 0 Å². The fraction of sp³-hybridized carbons (Fsp3) is 0.615. The van der Waals surface area contributed by atoms with Gasteiger partial charge in [-0.2, -0.15) is 8.78 Å². The predicted octanol–water partition coefficient (Wildman–Crippen LogP) is 2.88. The van der Waals surface area contributed by atoms with E-state index < -0.39 is 18.6 Å². The quantitative estimate of drug-likeness (QED) is 0.849. The molecule has 1 heterocycles. The summed E-state index contributed by atoms with van der Waals surface area (Å²) in [7, 11) is 0. The van der Waals surface area contributed by atoms with Crippen LogP contribution < -0.4 is 10.1 Å². The number of alkyl halides is 2. The van der Waals surface area contributed by atoms with Gasteiger partial charge in [-0.1, -0.05) is 20.8 Å². The number of thiophene rings is 1. The van der Waals surface area contributed by atoms with Crippen molar-refractivity contribution in [3.05, 3.63) is 16.3 Å². The molecule has 7 heteroatoms. The lowest BCUT2D eigenvalue weighted by molar-refractivity contribution is -0.0498. The number of aliphatic hydroxyl groups is 1. The zero-order chi connectivity index (χ0) is 15.3. The first-order valence-electron chi connectivity index (χ1n) is 6.17. The number of hydrogen-bond donors (Lipinski definition) is 2. The average molecular weight is 307 g/mol. The molecule has 114 valence electrons. The van der Waals surface area contributed by atoms with Gasteiger partial charge >= 0.3 is 6.61 Å². The van der Waals surface area contributed by atoms with E-state index in [1.807, 2.05) is 20.8 Å². The first-order chi connectivity index (χ1) is 9.23. The van der Waals surface area contributed by atoms with Crippen molar-refractivity contribution < 1.29 is 23.4 Å². The lowest BCUT2D eigenvalue weighted by Gasteiger charge is -2.25. The summed E-state index contributed by atoms with van der Waals surface area (Å²) in [5, 5.41) is 13.4. The van der Waals surface area contributed by atoms with Gasteiger partial charge in [-0.05, 0) is 23.3 Å². The summed E-state index contributed by atoms with van der Waals surface area (Å²) in [6.07, 6.45) is 0.575. The number of rotatable bonds is 6. The fourth-order valence-electron chi connectivity index (χ4n) is 1.80. The molecule has 0 aromatic carbocycles. The van der Waals surface area contributed by atoms with E-state index in [4.69, 9.17) is 0 Å². The maximum absolute atomic E-state index is 12.2. The zero-order valence-corrected chi connectivity index (χ0v) is 12.5. The van der Waals surface area contributed by atoms with Crippen molar-refractivity contribution in [3.8, 4) is 5.75 Å². The second-order valence-corrected chi connectivity index (χ2v) is 6.53. The van der Waals surface area contributed by atoms with Crippen LogP contribution in [0.1, 0.15) is 36.9 Å². The van der Waals surface area contributed by atoms with Crippen LogP contribution in [0.3, 0.4) is 0 Å². The van der Waals surface area contributed by atoms with E-state index in [-0.39, 0.29) is 22.6 Å². The summed E-state index contributed by atoms with van der Waals surface area (Å²) in [5.41, 5.74) is -0.0710. The lowest BCUT2D eigenvalue weighted by atomic mass is 9.88. The molecular formula is C13H19F2NO3S. The van der Waals surface area contributed by atoms with E-state index >= 15 is 0 Å². The molecule has 0 aliphatic heterocycles. The molecule has 0 bridgehead atoms. The molecule has 0 aliphatic carbocycles. The Kier molecular flexibility index (Phi) is 5.88. The Morgan fingerprint density at radius 2 is 2.15 bits per heavy atom. The van der Waals surface area contributed by atoms with E-state index in [2.05, 4.69) is 10.1 Å². The molecule has 0 saturated heterocycles. The maximum atomic E-state index is 12.2. The zero-order valence-electron chi connectivity index (χ0n) is 11.7. The summed E-state index contributed by atoms with van der Waals surface area (Å²) in [6, 6.07) is 0.896. The monoisotopic (exact) mass is 307 g/mol. The van der Waals surface area contributed by atoms with Crippen LogP contribution in [0.25, 0.3) is 0 Å². The van der Waals surface area contributed by atoms with Gasteiger partial charge in [-0.15, -0.1) is 11.3 Å². The van der Waals surface area contributed by atoms with Gasteiger partial charge in [0.25, 0.3) is 5.91 Å². The Balaban J connectivity index is 2.72. The molecule has 0 aliphatic rings. The molecule has 1 atom stereocenters. The van der Waals surface area contributed by atoms with Crippen LogP contribution in [0, 0.1) is 5.41 Å². The van der Waals surface area contributed by atoms with Crippen LogP contribution in [-0.4, -0.2) is 30.3 Å². The van der Waals surface area contributed by atoms with Gasteiger partial charge in [-0.3, -0.25) is 4.79 Å². The van der Waals surface area contributed by atoms with Crippen LogP contribution in [0.2, 0.25) is 0 Å². The van der Waals surface area contributed by atoms with Crippen molar-refractivity contribution >= 4 is 17.2 Å². The van der Waals surface area contributed by atoms with Crippen molar-refractivity contribution in [1.82, 2.24) is 5.32 Å². The van der Waals surface area contributed by atoms with Crippen LogP contribution in [0.4, 0.5) is 8.78 Å². The van der Waals surface area contributed by atoms with E-state index in [1.165, 1.54) is 11.4 Å². The third-order valence-corrected chi connectivity index (χ3v) is 3.36. The third kappa shape index (κ3) is 5.42. The molecule has 0 spiro atoms. The SMILES string of the molecule is CC(C)(C)CC(CO)NC(=O)c1sccc1OC(F)F. The average Bonchev–Trinajstić information content (AvgIpc) is 2.73. The van der Waals surface area contributed by atoms with Gasteiger partial charge in [0, 0.05) is 0 Å². The minimum absolute atomic E-state index is 0.0710. The minimum atomic E-state index is -2.97. The Labute approximate surface area is 120 Å². The highest BCUT2D eigenvalue weighted by atomic mass is 32.1. The number of carbonyl (C=O) groups excluding carboxylic acids is 1. The fourth-order valence-corrected chi connectivity index (χ4v) is 2.53. The highest BCUT2D eigenvalue weighted by molar-refractivity contribution is 7.12. The summed E-state index contributed by atoms with van der Waals surface area (Å²) in [6.45, 7) is 2.77. The van der Waals surface area contributed by atoms with Gasteiger partial charge in [0.05, 0.1) is 12.6 Å². The van der Waals surface area contributed by atoms with Crippen molar-refractivity contribution in [2.24, 2.45) is 5.41 Å². The highest BCUT2D eigenvalue weighted by Crippen LogP contribution is 2.27. The standard InChI is InChI=1S/C13H19F2NO3S/c1-13(2,3)6-8(7-17)16-11(18)10-9(4-5-20-10)19-12(14)15/h4-5,8,12,17H,6-7H2,1-3H3,(H,16,18). The summed E-state index contributed by atoms with van der Waals surface area (Å²) < 4.78 is 28.7. The highest BCUT2D eigenvalue weighted by Gasteiger charge is 2.23. The van der Waals surface area contributed by atoms with Gasteiger partial charge in [-0.25, -0.2) is 0 Å². The van der Waals surface area contributed by atoms with Crippen molar-refractivity contribution in [3.63, 3.8) is 0 Å². The number of carbonyl (C=O) groups is 1. The molecule has 1 unspecified atom stereocenters. The third-order valence-electron chi connectivity index (χ3n) is 2.47. The molecule has 1 amide bonds. The van der Waals surface area contributed by atoms with Crippen molar-refractivity contribution in [2.75, 3.05) is 6.61 Å². The minimum Gasteiger partial charge on any atom is -0.433 e. The molecule has 1 aromatic rings. The first-order valence-corrected chi connectivity index (χ1v) is 7.05. The molecule has 2 N–H and O–H groups in total. The molecular weight excluding hydrogens is 288 g/mol. The Morgan fingerprint density at radius 1 is 1.50 bits per heavy atom. The van der Waals surface area contributed by atoms with Crippen LogP contribution >= 0.6 is 11.3 Å². The molecule has 0 fully saturated rings. The predicted molar refractivity (Wildman–Crippen MR) is 73.4 cm³/mol. The van der Waals surface area contributed by atoms with Gasteiger partial charge in [0.15, 0.2) is 0 Å². The summed E-state index contributed by atoms with van der Waals surface area (Å²) in [5.74, 6) is -0.658. The van der Waals surface area contributed by atoms with E-state index in [0.717, 1.165) is 11.3 Å². The number of nitrogens with one attached hydrogen (secondary N) is 1. The Hall–Kier alpha value is -1.21. The largest absolute Gasteiger partial charge is 0.433 e. The number of aliphatic hydroxyl groups excluding tert-OH is 1. The molecule has 1 aromatic heterocycles. The second kappa shape index (κ2) is 6.99. The molecule has 4 nitrogen and oxygen atoms in total. The van der Waals surface area contributed by atoms with Crippen LogP contribution in [0.5, 0.6) is 5.75 Å². The first kappa shape index (κ1) is 16.8. The van der Waals surface area contributed by atoms with E-state index in [0.29, 0.717) is 6.42 Å². The topological polar surface area (TPSA) is 58.6 Å². The van der Waals surface area contributed by atoms with Crippen LogP contribution in [-0.2, 0) is 0 Å². The second-order valence-electron chi connectivity index (χ2n) is 5.61. The van der Waals surface area contributed by atoms with Gasteiger partial charge in [0.2, 0.25) is 0 Å². The number of amides is 1. The molecule has 20 heavy (non-hydrogen) atoms. The van der Waals surface area contributed by atoms with Crippen molar-refractivity contribution in [1.29, 1.82) is 0 Å². The van der Waals surface area contributed by atoms with Gasteiger partial charge < -0.3 is 15.2 Å². The maximum Gasteiger partial charge on any atom is 0.387 e. The molecule has 0 saturated carbocycles. The van der Waals surface area contributed by atoms with E-state index in [9.17, 15) is 18.7 Å². The van der Waals surface area contributed by atoms with Crippen LogP contribution in [0.15, 0.2) is 11.4 Å². The van der Waals surface area contributed by atoms with Crippen molar-refractivity contribution in [2.45, 2.75) is 39.8 Å². The number of ether oxygens (including phenoxy) is 1. The normalized spacial score (nSPS) is 13.3. The molecule has 0 radical (unpaired) electrons. The molecule has 1 rings (SSSR count). The Morgan fingerprint density at radius 3 is 2.65 bits per heavy atom. The lowest BCUT2D eigenvalue weighted by Crippen LogP contribution is -2.39. The smallest absolute Gasteiger partial charge is 0.387 e. The Bertz CT molecular complexity index is 443. The van der Waals surface area contributed by atoms with Gasteiger partial charge in [0.1, 0.15) is 10.6 Å². The number of halogens is 2. The number of hydrogen-bond acceptors (Lipinski definition) is 4.